The van der Waals surface area contributed by atoms with Crippen molar-refractivity contribution >= 4 is 17.6 Å². The van der Waals surface area contributed by atoms with Gasteiger partial charge in [0, 0.05) is 38.4 Å². The number of rotatable bonds is 6. The summed E-state index contributed by atoms with van der Waals surface area (Å²) < 4.78 is 0. The van der Waals surface area contributed by atoms with Crippen molar-refractivity contribution in [2.45, 2.75) is 32.7 Å². The fourth-order valence-corrected chi connectivity index (χ4v) is 2.85. The summed E-state index contributed by atoms with van der Waals surface area (Å²) in [5, 5.41) is 6.02. The summed E-state index contributed by atoms with van der Waals surface area (Å²) in [6, 6.07) is 3.72. The Balaban J connectivity index is 2.08. The molecule has 2 amide bonds. The molecule has 0 saturated carbocycles. The average molecular weight is 333 g/mol. The monoisotopic (exact) mass is 333 g/mol. The van der Waals surface area contributed by atoms with Crippen LogP contribution in [0.5, 0.6) is 0 Å². The van der Waals surface area contributed by atoms with Crippen molar-refractivity contribution in [3.8, 4) is 0 Å². The molecular weight excluding hydrogens is 306 g/mol. The average Bonchev–Trinajstić information content (AvgIpc) is 2.59. The number of anilines is 1. The van der Waals surface area contributed by atoms with Crippen molar-refractivity contribution in [3.63, 3.8) is 0 Å². The third-order valence-corrected chi connectivity index (χ3v) is 3.99. The second-order valence-electron chi connectivity index (χ2n) is 6.37. The molecule has 1 aromatic rings. The molecule has 0 aromatic carbocycles. The number of hydrogen-bond donors (Lipinski definition) is 3. The first-order valence-electron chi connectivity index (χ1n) is 8.51. The zero-order chi connectivity index (χ0) is 17.5. The Morgan fingerprint density at radius 3 is 2.96 bits per heavy atom. The van der Waals surface area contributed by atoms with Gasteiger partial charge < -0.3 is 21.3 Å². The molecule has 2 rings (SSSR count). The van der Waals surface area contributed by atoms with Gasteiger partial charge in [0.15, 0.2) is 0 Å². The number of amides is 2. The minimum absolute atomic E-state index is 0.0235. The molecule has 0 bridgehead atoms. The third kappa shape index (κ3) is 4.67. The summed E-state index contributed by atoms with van der Waals surface area (Å²) in [6.07, 6.45) is 3.28. The molecule has 0 radical (unpaired) electrons. The van der Waals surface area contributed by atoms with Crippen molar-refractivity contribution in [1.29, 1.82) is 0 Å². The number of nitrogens with zero attached hydrogens (tertiary/aromatic N) is 2. The summed E-state index contributed by atoms with van der Waals surface area (Å²) in [4.78, 5) is 31.0. The Labute approximate surface area is 143 Å². The maximum Gasteiger partial charge on any atom is 0.257 e. The van der Waals surface area contributed by atoms with Gasteiger partial charge in [-0.1, -0.05) is 0 Å². The molecule has 1 atom stereocenters. The lowest BCUT2D eigenvalue weighted by Crippen LogP contribution is -2.46. The van der Waals surface area contributed by atoms with E-state index in [9.17, 15) is 9.59 Å². The SMILES string of the molecule is CC(C)Nc1ncccc1C(=O)N1CCCC(C(=O)NCCN)C1. The lowest BCUT2D eigenvalue weighted by Gasteiger charge is -2.32. The number of nitrogens with one attached hydrogen (secondary N) is 2. The van der Waals surface area contributed by atoms with E-state index in [-0.39, 0.29) is 23.8 Å². The highest BCUT2D eigenvalue weighted by Gasteiger charge is 2.29. The van der Waals surface area contributed by atoms with Gasteiger partial charge in [-0.3, -0.25) is 9.59 Å². The Hall–Kier alpha value is -2.15. The van der Waals surface area contributed by atoms with Crippen molar-refractivity contribution in [2.75, 3.05) is 31.5 Å². The summed E-state index contributed by atoms with van der Waals surface area (Å²) in [6.45, 7) is 5.99. The van der Waals surface area contributed by atoms with Gasteiger partial charge in [-0.05, 0) is 38.8 Å². The fraction of sp³-hybridized carbons (Fsp3) is 0.588. The van der Waals surface area contributed by atoms with Gasteiger partial charge in [-0.15, -0.1) is 0 Å². The molecule has 7 heteroatoms. The molecule has 1 aliphatic heterocycles. The van der Waals surface area contributed by atoms with Gasteiger partial charge in [0.2, 0.25) is 5.91 Å². The molecule has 1 aliphatic rings. The van der Waals surface area contributed by atoms with E-state index in [1.807, 2.05) is 13.8 Å². The topological polar surface area (TPSA) is 100 Å². The van der Waals surface area contributed by atoms with Gasteiger partial charge in [0.05, 0.1) is 11.5 Å². The molecule has 4 N–H and O–H groups in total. The van der Waals surface area contributed by atoms with E-state index in [1.54, 1.807) is 23.2 Å². The molecule has 24 heavy (non-hydrogen) atoms. The maximum absolute atomic E-state index is 12.9. The van der Waals surface area contributed by atoms with Crippen molar-refractivity contribution in [3.05, 3.63) is 23.9 Å². The van der Waals surface area contributed by atoms with Crippen LogP contribution in [0.25, 0.3) is 0 Å². The van der Waals surface area contributed by atoms with E-state index in [1.165, 1.54) is 0 Å². The van der Waals surface area contributed by atoms with Crippen LogP contribution in [0.4, 0.5) is 5.82 Å². The normalized spacial score (nSPS) is 17.7. The van der Waals surface area contributed by atoms with Crippen LogP contribution in [0.1, 0.15) is 37.0 Å². The van der Waals surface area contributed by atoms with Gasteiger partial charge in [0.1, 0.15) is 5.82 Å². The Kier molecular flexibility index (Phi) is 6.54. The van der Waals surface area contributed by atoms with Crippen molar-refractivity contribution < 1.29 is 9.59 Å². The second-order valence-corrected chi connectivity index (χ2v) is 6.37. The van der Waals surface area contributed by atoms with Crippen molar-refractivity contribution in [2.24, 2.45) is 11.7 Å². The maximum atomic E-state index is 12.9. The standard InChI is InChI=1S/C17H27N5O2/c1-12(2)21-15-14(6-3-8-19-15)17(24)22-10-4-5-13(11-22)16(23)20-9-7-18/h3,6,8,12-13H,4-5,7,9-11,18H2,1-2H3,(H,19,21)(H,20,23). The number of hydrogen-bond acceptors (Lipinski definition) is 5. The fourth-order valence-electron chi connectivity index (χ4n) is 2.85. The zero-order valence-corrected chi connectivity index (χ0v) is 14.4. The molecule has 2 heterocycles. The number of likely N-dealkylation sites (tertiary alicyclic amines) is 1. The molecular formula is C17H27N5O2. The second kappa shape index (κ2) is 8.63. The van der Waals surface area contributed by atoms with E-state index in [4.69, 9.17) is 5.73 Å². The molecule has 1 aromatic heterocycles. The molecule has 0 spiro atoms. The smallest absolute Gasteiger partial charge is 0.257 e. The predicted molar refractivity (Wildman–Crippen MR) is 93.7 cm³/mol. The number of nitrogens with two attached hydrogens (primary N) is 1. The van der Waals surface area contributed by atoms with Crippen LogP contribution >= 0.6 is 0 Å². The lowest BCUT2D eigenvalue weighted by atomic mass is 9.96. The van der Waals surface area contributed by atoms with Crippen LogP contribution in [-0.4, -0.2) is 53.9 Å². The summed E-state index contributed by atoms with van der Waals surface area (Å²) in [5.41, 5.74) is 5.97. The minimum atomic E-state index is -0.174. The highest BCUT2D eigenvalue weighted by Crippen LogP contribution is 2.21. The van der Waals surface area contributed by atoms with E-state index in [2.05, 4.69) is 15.6 Å². The first-order chi connectivity index (χ1) is 11.5. The molecule has 1 fully saturated rings. The Morgan fingerprint density at radius 2 is 2.25 bits per heavy atom. The molecule has 0 aliphatic carbocycles. The highest BCUT2D eigenvalue weighted by atomic mass is 16.2. The van der Waals surface area contributed by atoms with Gasteiger partial charge >= 0.3 is 0 Å². The number of pyridine rings is 1. The summed E-state index contributed by atoms with van der Waals surface area (Å²) >= 11 is 0. The van der Waals surface area contributed by atoms with Crippen LogP contribution in [0.15, 0.2) is 18.3 Å². The number of aromatic nitrogens is 1. The number of carbonyl (C=O) groups is 2. The molecule has 1 unspecified atom stereocenters. The van der Waals surface area contributed by atoms with E-state index >= 15 is 0 Å². The van der Waals surface area contributed by atoms with Crippen molar-refractivity contribution in [1.82, 2.24) is 15.2 Å². The number of carbonyl (C=O) groups excluding carboxylic acids is 2. The first kappa shape index (κ1) is 18.2. The van der Waals surface area contributed by atoms with Crippen LogP contribution < -0.4 is 16.4 Å². The third-order valence-electron chi connectivity index (χ3n) is 3.99. The first-order valence-corrected chi connectivity index (χ1v) is 8.51. The predicted octanol–water partition coefficient (Wildman–Crippen LogP) is 0.829. The van der Waals surface area contributed by atoms with E-state index in [0.29, 0.717) is 37.6 Å². The molecule has 1 saturated heterocycles. The summed E-state index contributed by atoms with van der Waals surface area (Å²) in [7, 11) is 0. The molecule has 132 valence electrons. The largest absolute Gasteiger partial charge is 0.367 e. The Bertz CT molecular complexity index is 576. The zero-order valence-electron chi connectivity index (χ0n) is 14.4. The van der Waals surface area contributed by atoms with Gasteiger partial charge in [-0.25, -0.2) is 4.98 Å². The van der Waals surface area contributed by atoms with E-state index in [0.717, 1.165) is 12.8 Å². The van der Waals surface area contributed by atoms with Crippen LogP contribution in [0, 0.1) is 5.92 Å². The minimum Gasteiger partial charge on any atom is -0.367 e. The summed E-state index contributed by atoms with van der Waals surface area (Å²) in [5.74, 6) is 0.312. The lowest BCUT2D eigenvalue weighted by molar-refractivity contribution is -0.126. The van der Waals surface area contributed by atoms with E-state index < -0.39 is 0 Å². The van der Waals surface area contributed by atoms with Crippen LogP contribution in [0.2, 0.25) is 0 Å². The quantitative estimate of drug-likeness (QED) is 0.716. The van der Waals surface area contributed by atoms with Gasteiger partial charge in [0.25, 0.3) is 5.91 Å². The van der Waals surface area contributed by atoms with Crippen LogP contribution in [-0.2, 0) is 4.79 Å². The number of piperidine rings is 1. The highest BCUT2D eigenvalue weighted by molar-refractivity contribution is 5.99. The molecule has 7 nitrogen and oxygen atoms in total. The van der Waals surface area contributed by atoms with Crippen LogP contribution in [0.3, 0.4) is 0 Å². The van der Waals surface area contributed by atoms with Gasteiger partial charge in [-0.2, -0.15) is 0 Å². The Morgan fingerprint density at radius 1 is 1.46 bits per heavy atom.